The Labute approximate surface area is 211 Å². The van der Waals surface area contributed by atoms with E-state index in [1.165, 1.54) is 13.5 Å². The maximum Gasteiger partial charge on any atom is 0.256 e. The molecule has 2 saturated heterocycles. The average molecular weight is 493 g/mol. The van der Waals surface area contributed by atoms with Gasteiger partial charge in [0.2, 0.25) is 0 Å². The Bertz CT molecular complexity index is 1300. The molecule has 192 valence electrons. The second-order valence-corrected chi connectivity index (χ2v) is 10.1. The van der Waals surface area contributed by atoms with Crippen LogP contribution in [0.3, 0.4) is 0 Å². The largest absolute Gasteiger partial charge is 0.496 e. The van der Waals surface area contributed by atoms with Crippen LogP contribution in [0.4, 0.5) is 0 Å². The molecule has 4 heterocycles. The number of hydrogen-bond donors (Lipinski definition) is 2. The lowest BCUT2D eigenvalue weighted by Crippen LogP contribution is -2.43. The molecular formula is C28H36N4O4. The molecule has 0 radical (unpaired) electrons. The number of likely N-dealkylation sites (tertiary alicyclic amines) is 1. The second-order valence-electron chi connectivity index (χ2n) is 10.1. The Morgan fingerprint density at radius 1 is 1.17 bits per heavy atom. The molecule has 1 amide bonds. The van der Waals surface area contributed by atoms with Crippen LogP contribution in [0.15, 0.2) is 35.1 Å². The van der Waals surface area contributed by atoms with Gasteiger partial charge in [0.25, 0.3) is 11.5 Å². The molecular weight excluding hydrogens is 456 g/mol. The summed E-state index contributed by atoms with van der Waals surface area (Å²) in [5.41, 5.74) is 3.60. The van der Waals surface area contributed by atoms with E-state index in [4.69, 9.17) is 9.47 Å². The van der Waals surface area contributed by atoms with Gasteiger partial charge in [-0.2, -0.15) is 0 Å². The number of hydrogen-bond acceptors (Lipinski definition) is 5. The minimum atomic E-state index is -0.249. The Morgan fingerprint density at radius 3 is 2.61 bits per heavy atom. The minimum absolute atomic E-state index is 0.0970. The SMILES string of the molecule is COc1cc(C)[nH]c(=O)c1CNC(=O)c1c(C)n(CC2CCN(CC3CCO3)CC2)c2ccccc12. The summed E-state index contributed by atoms with van der Waals surface area (Å²) in [7, 11) is 1.53. The molecule has 0 bridgehead atoms. The normalized spacial score (nSPS) is 18.8. The van der Waals surface area contributed by atoms with E-state index in [0.29, 0.717) is 34.6 Å². The number of ether oxygens (including phenoxy) is 2. The Kier molecular flexibility index (Phi) is 7.16. The molecule has 1 unspecified atom stereocenters. The molecule has 1 aromatic carbocycles. The Balaban J connectivity index is 1.32. The van der Waals surface area contributed by atoms with Crippen LogP contribution in [0.2, 0.25) is 0 Å². The van der Waals surface area contributed by atoms with E-state index < -0.39 is 0 Å². The van der Waals surface area contributed by atoms with E-state index in [-0.39, 0.29) is 18.0 Å². The molecule has 2 N–H and O–H groups in total. The number of methoxy groups -OCH3 is 1. The molecule has 2 aliphatic rings. The second kappa shape index (κ2) is 10.5. The molecule has 0 spiro atoms. The van der Waals surface area contributed by atoms with Crippen LogP contribution in [-0.4, -0.2) is 59.8 Å². The van der Waals surface area contributed by atoms with Gasteiger partial charge in [0.1, 0.15) is 5.75 Å². The molecule has 0 saturated carbocycles. The van der Waals surface area contributed by atoms with Crippen LogP contribution in [-0.2, 0) is 17.8 Å². The number of amides is 1. The van der Waals surface area contributed by atoms with E-state index in [0.717, 1.165) is 62.2 Å². The lowest BCUT2D eigenvalue weighted by Gasteiger charge is -2.37. The van der Waals surface area contributed by atoms with Crippen molar-refractivity contribution in [2.24, 2.45) is 5.92 Å². The zero-order valence-corrected chi connectivity index (χ0v) is 21.4. The number of nitrogens with one attached hydrogen (secondary N) is 2. The van der Waals surface area contributed by atoms with Crippen LogP contribution in [0.5, 0.6) is 5.75 Å². The summed E-state index contributed by atoms with van der Waals surface area (Å²) in [4.78, 5) is 31.2. The van der Waals surface area contributed by atoms with Crippen LogP contribution >= 0.6 is 0 Å². The highest BCUT2D eigenvalue weighted by Crippen LogP contribution is 2.29. The Hall–Kier alpha value is -3.10. The van der Waals surface area contributed by atoms with Crippen LogP contribution in [0.1, 0.15) is 46.6 Å². The van der Waals surface area contributed by atoms with Crippen molar-refractivity contribution in [3.05, 3.63) is 63.2 Å². The van der Waals surface area contributed by atoms with E-state index in [2.05, 4.69) is 25.8 Å². The van der Waals surface area contributed by atoms with E-state index >= 15 is 0 Å². The minimum Gasteiger partial charge on any atom is -0.496 e. The third-order valence-corrected chi connectivity index (χ3v) is 7.74. The number of aromatic amines is 1. The van der Waals surface area contributed by atoms with Gasteiger partial charge >= 0.3 is 0 Å². The number of para-hydroxylation sites is 1. The fraction of sp³-hybridized carbons (Fsp3) is 0.500. The highest BCUT2D eigenvalue weighted by molar-refractivity contribution is 6.08. The first-order chi connectivity index (χ1) is 17.4. The predicted octanol–water partition coefficient (Wildman–Crippen LogP) is 3.39. The fourth-order valence-corrected chi connectivity index (χ4v) is 5.57. The highest BCUT2D eigenvalue weighted by Gasteiger charge is 2.27. The van der Waals surface area contributed by atoms with Gasteiger partial charge in [0, 0.05) is 42.0 Å². The van der Waals surface area contributed by atoms with Gasteiger partial charge in [-0.1, -0.05) is 18.2 Å². The van der Waals surface area contributed by atoms with Gasteiger partial charge in [-0.25, -0.2) is 0 Å². The first kappa shape index (κ1) is 24.6. The topological polar surface area (TPSA) is 88.6 Å². The molecule has 0 aliphatic carbocycles. The number of rotatable bonds is 8. The molecule has 2 aliphatic heterocycles. The van der Waals surface area contributed by atoms with Crippen molar-refractivity contribution in [2.75, 3.05) is 33.4 Å². The molecule has 1 atom stereocenters. The monoisotopic (exact) mass is 492 g/mol. The first-order valence-electron chi connectivity index (χ1n) is 12.9. The van der Waals surface area contributed by atoms with Gasteiger partial charge < -0.3 is 29.2 Å². The van der Waals surface area contributed by atoms with Crippen molar-refractivity contribution in [3.8, 4) is 5.75 Å². The lowest BCUT2D eigenvalue weighted by molar-refractivity contribution is -0.0701. The number of carbonyl (C=O) groups is 1. The van der Waals surface area contributed by atoms with E-state index in [1.807, 2.05) is 25.1 Å². The van der Waals surface area contributed by atoms with Gasteiger partial charge in [-0.05, 0) is 64.3 Å². The standard InChI is InChI=1S/C28H36N4O4/c1-18-14-25(35-3)23(27(33)30-18)15-29-28(34)26-19(2)32(24-7-5-4-6-22(24)26)16-20-8-11-31(12-9-20)17-21-10-13-36-21/h4-7,14,20-21H,8-13,15-17H2,1-3H3,(H,29,34)(H,30,33). The highest BCUT2D eigenvalue weighted by atomic mass is 16.5. The molecule has 2 aromatic heterocycles. The summed E-state index contributed by atoms with van der Waals surface area (Å²) < 4.78 is 13.3. The number of fused-ring (bicyclic) bond motifs is 1. The number of nitrogens with zero attached hydrogens (tertiary/aromatic N) is 2. The summed E-state index contributed by atoms with van der Waals surface area (Å²) in [5, 5.41) is 3.91. The Morgan fingerprint density at radius 2 is 1.92 bits per heavy atom. The molecule has 36 heavy (non-hydrogen) atoms. The summed E-state index contributed by atoms with van der Waals surface area (Å²) >= 11 is 0. The molecule has 2 fully saturated rings. The third kappa shape index (κ3) is 4.92. The average Bonchev–Trinajstić information content (AvgIpc) is 3.12. The number of H-pyrrole nitrogens is 1. The van der Waals surface area contributed by atoms with Crippen LogP contribution in [0.25, 0.3) is 10.9 Å². The zero-order valence-electron chi connectivity index (χ0n) is 21.4. The van der Waals surface area contributed by atoms with Crippen molar-refractivity contribution in [1.29, 1.82) is 0 Å². The number of pyridine rings is 1. The number of aryl methyl sites for hydroxylation is 1. The van der Waals surface area contributed by atoms with Gasteiger partial charge in [0.05, 0.1) is 30.9 Å². The van der Waals surface area contributed by atoms with Gasteiger partial charge in [0.15, 0.2) is 0 Å². The lowest BCUT2D eigenvalue weighted by atomic mass is 9.96. The predicted molar refractivity (Wildman–Crippen MR) is 140 cm³/mol. The zero-order chi connectivity index (χ0) is 25.2. The fourth-order valence-electron chi connectivity index (χ4n) is 5.57. The molecule has 5 rings (SSSR count). The van der Waals surface area contributed by atoms with Crippen molar-refractivity contribution >= 4 is 16.8 Å². The molecule has 3 aromatic rings. The smallest absolute Gasteiger partial charge is 0.256 e. The van der Waals surface area contributed by atoms with Gasteiger partial charge in [-0.3, -0.25) is 9.59 Å². The number of carbonyl (C=O) groups excluding carboxylic acids is 1. The number of benzene rings is 1. The summed E-state index contributed by atoms with van der Waals surface area (Å²) in [6.45, 7) is 8.99. The maximum absolute atomic E-state index is 13.4. The molecule has 8 nitrogen and oxygen atoms in total. The van der Waals surface area contributed by atoms with Crippen LogP contribution < -0.4 is 15.6 Å². The summed E-state index contributed by atoms with van der Waals surface area (Å²) in [5.74, 6) is 0.870. The van der Waals surface area contributed by atoms with Crippen LogP contribution in [0, 0.1) is 19.8 Å². The first-order valence-corrected chi connectivity index (χ1v) is 12.9. The van der Waals surface area contributed by atoms with E-state index in [9.17, 15) is 9.59 Å². The van der Waals surface area contributed by atoms with Gasteiger partial charge in [-0.15, -0.1) is 0 Å². The summed E-state index contributed by atoms with van der Waals surface area (Å²) in [6.07, 6.45) is 3.91. The van der Waals surface area contributed by atoms with Crippen molar-refractivity contribution in [2.45, 2.75) is 52.3 Å². The van der Waals surface area contributed by atoms with Crippen molar-refractivity contribution in [3.63, 3.8) is 0 Å². The van der Waals surface area contributed by atoms with E-state index in [1.54, 1.807) is 13.0 Å². The maximum atomic E-state index is 13.4. The third-order valence-electron chi connectivity index (χ3n) is 7.74. The number of piperidine rings is 1. The number of aromatic nitrogens is 2. The van der Waals surface area contributed by atoms with Crippen molar-refractivity contribution < 1.29 is 14.3 Å². The quantitative estimate of drug-likeness (QED) is 0.503. The molecule has 8 heteroatoms. The summed E-state index contributed by atoms with van der Waals surface area (Å²) in [6, 6.07) is 9.87. The van der Waals surface area contributed by atoms with Crippen molar-refractivity contribution in [1.82, 2.24) is 19.8 Å².